The van der Waals surface area contributed by atoms with Crippen LogP contribution in [-0.2, 0) is 4.79 Å². The zero-order valence-electron chi connectivity index (χ0n) is 9.56. The number of carbonyl (C=O) groups is 1. The fourth-order valence-electron chi connectivity index (χ4n) is 2.51. The standard InChI is InChI=1S/C12H20O2S2/c13-3-2-9-6-10(7-9)8-11(14)12-15-4-1-5-16-12/h9-10,12-13H,1-8H2. The van der Waals surface area contributed by atoms with E-state index in [0.717, 1.165) is 37.2 Å². The molecule has 0 aromatic heterocycles. The molecule has 1 aliphatic carbocycles. The molecule has 0 amide bonds. The maximum Gasteiger partial charge on any atom is 0.156 e. The Labute approximate surface area is 106 Å². The quantitative estimate of drug-likeness (QED) is 0.824. The van der Waals surface area contributed by atoms with Crippen LogP contribution in [0.25, 0.3) is 0 Å². The van der Waals surface area contributed by atoms with Gasteiger partial charge in [-0.1, -0.05) is 0 Å². The Hall–Kier alpha value is 0.330. The number of carbonyl (C=O) groups excluding carboxylic acids is 1. The number of hydrogen-bond acceptors (Lipinski definition) is 4. The second kappa shape index (κ2) is 6.31. The Morgan fingerprint density at radius 3 is 2.50 bits per heavy atom. The zero-order valence-corrected chi connectivity index (χ0v) is 11.2. The molecule has 0 radical (unpaired) electrons. The lowest BCUT2D eigenvalue weighted by atomic mass is 9.71. The van der Waals surface area contributed by atoms with E-state index in [-0.39, 0.29) is 4.58 Å². The maximum atomic E-state index is 12.0. The molecule has 0 aromatic rings. The lowest BCUT2D eigenvalue weighted by Gasteiger charge is -2.35. The van der Waals surface area contributed by atoms with Crippen molar-refractivity contribution in [1.82, 2.24) is 0 Å². The lowest BCUT2D eigenvalue weighted by molar-refractivity contribution is -0.119. The van der Waals surface area contributed by atoms with Crippen LogP contribution < -0.4 is 0 Å². The van der Waals surface area contributed by atoms with E-state index in [0.29, 0.717) is 24.2 Å². The highest BCUT2D eigenvalue weighted by Crippen LogP contribution is 2.40. The fourth-order valence-corrected chi connectivity index (χ4v) is 5.27. The molecule has 92 valence electrons. The molecular weight excluding hydrogens is 240 g/mol. The molecule has 0 atom stereocenters. The number of rotatable bonds is 5. The molecule has 1 heterocycles. The molecule has 16 heavy (non-hydrogen) atoms. The number of aliphatic hydroxyl groups excluding tert-OH is 1. The van der Waals surface area contributed by atoms with E-state index in [1.807, 2.05) is 23.5 Å². The van der Waals surface area contributed by atoms with Gasteiger partial charge in [-0.05, 0) is 49.0 Å². The van der Waals surface area contributed by atoms with Gasteiger partial charge < -0.3 is 5.11 Å². The molecule has 0 aromatic carbocycles. The van der Waals surface area contributed by atoms with Crippen LogP contribution in [0.5, 0.6) is 0 Å². The van der Waals surface area contributed by atoms with Gasteiger partial charge in [0.2, 0.25) is 0 Å². The molecule has 0 bridgehead atoms. The molecule has 0 spiro atoms. The normalized spacial score (nSPS) is 31.1. The summed E-state index contributed by atoms with van der Waals surface area (Å²) in [6, 6.07) is 0. The Morgan fingerprint density at radius 1 is 1.19 bits per heavy atom. The first-order valence-corrected chi connectivity index (χ1v) is 8.26. The first-order valence-electron chi connectivity index (χ1n) is 6.16. The summed E-state index contributed by atoms with van der Waals surface area (Å²) in [5.74, 6) is 4.08. The molecule has 2 fully saturated rings. The van der Waals surface area contributed by atoms with Gasteiger partial charge in [-0.15, -0.1) is 23.5 Å². The van der Waals surface area contributed by atoms with Crippen molar-refractivity contribution in [3.05, 3.63) is 0 Å². The summed E-state index contributed by atoms with van der Waals surface area (Å²) in [4.78, 5) is 12.0. The summed E-state index contributed by atoms with van der Waals surface area (Å²) in [7, 11) is 0. The zero-order chi connectivity index (χ0) is 11.4. The molecule has 2 nitrogen and oxygen atoms in total. The van der Waals surface area contributed by atoms with E-state index < -0.39 is 0 Å². The molecule has 1 saturated heterocycles. The highest BCUT2D eigenvalue weighted by Gasteiger charge is 2.32. The summed E-state index contributed by atoms with van der Waals surface area (Å²) in [6.45, 7) is 0.305. The van der Waals surface area contributed by atoms with Crippen LogP contribution in [-0.4, -0.2) is 33.6 Å². The molecule has 1 N–H and O–H groups in total. The fraction of sp³-hybridized carbons (Fsp3) is 0.917. The van der Waals surface area contributed by atoms with Crippen molar-refractivity contribution >= 4 is 29.3 Å². The van der Waals surface area contributed by atoms with E-state index in [1.165, 1.54) is 6.42 Å². The summed E-state index contributed by atoms with van der Waals surface area (Å²) in [5.41, 5.74) is 0. The van der Waals surface area contributed by atoms with Crippen molar-refractivity contribution in [2.75, 3.05) is 18.1 Å². The van der Waals surface area contributed by atoms with Crippen LogP contribution in [0.4, 0.5) is 0 Å². The van der Waals surface area contributed by atoms with Crippen molar-refractivity contribution < 1.29 is 9.90 Å². The second-order valence-corrected chi connectivity index (χ2v) is 7.54. The summed E-state index contributed by atoms with van der Waals surface area (Å²) >= 11 is 3.66. The average molecular weight is 260 g/mol. The van der Waals surface area contributed by atoms with E-state index in [2.05, 4.69) is 0 Å². The molecule has 2 rings (SSSR count). The number of thioether (sulfide) groups is 2. The predicted molar refractivity (Wildman–Crippen MR) is 70.9 cm³/mol. The van der Waals surface area contributed by atoms with Gasteiger partial charge in [0, 0.05) is 13.0 Å². The average Bonchev–Trinajstić information content (AvgIpc) is 2.27. The largest absolute Gasteiger partial charge is 0.396 e. The SMILES string of the molecule is O=C(CC1CC(CCO)C1)C1SCCCS1. The second-order valence-electron chi connectivity index (χ2n) is 4.81. The molecule has 0 unspecified atom stereocenters. The summed E-state index contributed by atoms with van der Waals surface area (Å²) in [6.07, 6.45) is 5.29. The van der Waals surface area contributed by atoms with E-state index >= 15 is 0 Å². The lowest BCUT2D eigenvalue weighted by Crippen LogP contribution is -2.29. The van der Waals surface area contributed by atoms with Gasteiger partial charge >= 0.3 is 0 Å². The number of ketones is 1. The van der Waals surface area contributed by atoms with Gasteiger partial charge in [-0.2, -0.15) is 0 Å². The number of Topliss-reactive ketones (excluding diaryl/α,β-unsaturated/α-hetero) is 1. The number of hydrogen-bond donors (Lipinski definition) is 1. The smallest absolute Gasteiger partial charge is 0.156 e. The van der Waals surface area contributed by atoms with Gasteiger partial charge in [-0.3, -0.25) is 4.79 Å². The van der Waals surface area contributed by atoms with Gasteiger partial charge in [0.05, 0.1) is 0 Å². The minimum absolute atomic E-state index is 0.227. The maximum absolute atomic E-state index is 12.0. The predicted octanol–water partition coefficient (Wildman–Crippen LogP) is 2.55. The van der Waals surface area contributed by atoms with Crippen molar-refractivity contribution in [1.29, 1.82) is 0 Å². The van der Waals surface area contributed by atoms with Gasteiger partial charge in [0.1, 0.15) is 4.58 Å². The third-order valence-corrected chi connectivity index (χ3v) is 6.45. The third-order valence-electron chi connectivity index (χ3n) is 3.45. The van der Waals surface area contributed by atoms with Gasteiger partial charge in [0.15, 0.2) is 5.78 Å². The van der Waals surface area contributed by atoms with Gasteiger partial charge in [0.25, 0.3) is 0 Å². The molecule has 1 aliphatic heterocycles. The van der Waals surface area contributed by atoms with Crippen LogP contribution in [0.3, 0.4) is 0 Å². The van der Waals surface area contributed by atoms with Crippen molar-refractivity contribution in [2.24, 2.45) is 11.8 Å². The number of aliphatic hydroxyl groups is 1. The highest BCUT2D eigenvalue weighted by molar-refractivity contribution is 8.18. The Bertz CT molecular complexity index is 233. The van der Waals surface area contributed by atoms with Crippen molar-refractivity contribution in [2.45, 2.75) is 36.7 Å². The minimum atomic E-state index is 0.227. The van der Waals surface area contributed by atoms with Crippen molar-refractivity contribution in [3.63, 3.8) is 0 Å². The third kappa shape index (κ3) is 3.41. The first kappa shape index (κ1) is 12.8. The van der Waals surface area contributed by atoms with Crippen LogP contribution >= 0.6 is 23.5 Å². The van der Waals surface area contributed by atoms with Crippen LogP contribution in [0.1, 0.15) is 32.1 Å². The molecule has 1 saturated carbocycles. The monoisotopic (exact) mass is 260 g/mol. The molecular formula is C12H20O2S2. The topological polar surface area (TPSA) is 37.3 Å². The Balaban J connectivity index is 1.64. The van der Waals surface area contributed by atoms with Gasteiger partial charge in [-0.25, -0.2) is 0 Å². The summed E-state index contributed by atoms with van der Waals surface area (Å²) in [5, 5.41) is 8.80. The molecule has 4 heteroatoms. The van der Waals surface area contributed by atoms with Crippen LogP contribution in [0.15, 0.2) is 0 Å². The highest BCUT2D eigenvalue weighted by atomic mass is 32.2. The van der Waals surface area contributed by atoms with E-state index in [1.54, 1.807) is 0 Å². The van der Waals surface area contributed by atoms with Crippen LogP contribution in [0, 0.1) is 11.8 Å². The van der Waals surface area contributed by atoms with E-state index in [9.17, 15) is 4.79 Å². The molecule has 2 aliphatic rings. The van der Waals surface area contributed by atoms with Crippen LogP contribution in [0.2, 0.25) is 0 Å². The summed E-state index contributed by atoms with van der Waals surface area (Å²) < 4.78 is 0.227. The van der Waals surface area contributed by atoms with E-state index in [4.69, 9.17) is 5.11 Å². The van der Waals surface area contributed by atoms with Crippen molar-refractivity contribution in [3.8, 4) is 0 Å². The Kier molecular flexibility index (Phi) is 5.04. The Morgan fingerprint density at radius 2 is 1.88 bits per heavy atom. The minimum Gasteiger partial charge on any atom is -0.396 e. The first-order chi connectivity index (χ1) is 7.79.